The smallest absolute Gasteiger partial charge is 0.143 e. The van der Waals surface area contributed by atoms with Crippen molar-refractivity contribution in [2.45, 2.75) is 5.41 Å². The molecule has 0 spiro atoms. The topological polar surface area (TPSA) is 16.4 Å². The van der Waals surface area contributed by atoms with Gasteiger partial charge in [-0.25, -0.2) is 0 Å². The van der Waals surface area contributed by atoms with Crippen molar-refractivity contribution in [1.82, 2.24) is 0 Å². The Labute approximate surface area is 383 Å². The molecule has 12 rings (SSSR count). The molecule has 65 heavy (non-hydrogen) atoms. The quantitative estimate of drug-likeness (QED) is 0.149. The Morgan fingerprint density at radius 1 is 0.400 bits per heavy atom. The van der Waals surface area contributed by atoms with Gasteiger partial charge in [-0.2, -0.15) is 0 Å². The minimum atomic E-state index is -0.646. The van der Waals surface area contributed by atoms with Crippen molar-refractivity contribution >= 4 is 103 Å². The summed E-state index contributed by atoms with van der Waals surface area (Å²) in [5.41, 5.74) is 15.1. The summed E-state index contributed by atoms with van der Waals surface area (Å²) in [7, 11) is 28.7. The number of anilines is 3. The van der Waals surface area contributed by atoms with Crippen LogP contribution < -0.4 is 26.8 Å². The van der Waals surface area contributed by atoms with Crippen molar-refractivity contribution in [3.63, 3.8) is 0 Å². The van der Waals surface area contributed by atoms with Crippen LogP contribution in [0.15, 0.2) is 217 Å². The molecular formula is C59H35B4NO. The first kappa shape index (κ1) is 39.0. The zero-order chi connectivity index (χ0) is 43.8. The molecule has 1 aliphatic rings. The van der Waals surface area contributed by atoms with Gasteiger partial charge in [0.2, 0.25) is 0 Å². The summed E-state index contributed by atoms with van der Waals surface area (Å²) in [6.07, 6.45) is 0. The molecule has 0 atom stereocenters. The lowest BCUT2D eigenvalue weighted by Crippen LogP contribution is -2.46. The van der Waals surface area contributed by atoms with E-state index in [1.807, 2.05) is 36.4 Å². The summed E-state index contributed by atoms with van der Waals surface area (Å²) < 4.78 is 6.64. The third-order valence-corrected chi connectivity index (χ3v) is 13.4. The van der Waals surface area contributed by atoms with Gasteiger partial charge in [-0.15, -0.1) is 0 Å². The largest absolute Gasteiger partial charge is 0.455 e. The Morgan fingerprint density at radius 2 is 0.985 bits per heavy atom. The van der Waals surface area contributed by atoms with Crippen molar-refractivity contribution in [3.8, 4) is 33.4 Å². The normalized spacial score (nSPS) is 12.7. The van der Waals surface area contributed by atoms with E-state index in [0.29, 0.717) is 33.1 Å². The fourth-order valence-corrected chi connectivity index (χ4v) is 10.6. The first-order chi connectivity index (χ1) is 31.9. The second-order valence-corrected chi connectivity index (χ2v) is 16.8. The highest BCUT2D eigenvalue weighted by Gasteiger charge is 2.46. The predicted molar refractivity (Wildman–Crippen MR) is 276 cm³/mol. The van der Waals surface area contributed by atoms with Crippen LogP contribution in [-0.2, 0) is 5.41 Å². The van der Waals surface area contributed by atoms with E-state index in [0.717, 1.165) is 83.0 Å². The Bertz CT molecular complexity index is 3590. The lowest BCUT2D eigenvalue weighted by Gasteiger charge is -2.36. The van der Waals surface area contributed by atoms with Gasteiger partial charge in [0.15, 0.2) is 0 Å². The van der Waals surface area contributed by atoms with Gasteiger partial charge < -0.3 is 9.32 Å². The van der Waals surface area contributed by atoms with Crippen LogP contribution in [0, 0.1) is 0 Å². The maximum absolute atomic E-state index is 7.29. The molecule has 0 fully saturated rings. The number of nitrogens with zero attached hydrogens (tertiary/aromatic N) is 1. The van der Waals surface area contributed by atoms with Crippen molar-refractivity contribution in [2.75, 3.05) is 4.90 Å². The van der Waals surface area contributed by atoms with Crippen molar-refractivity contribution < 1.29 is 4.42 Å². The molecule has 8 radical (unpaired) electrons. The molecule has 0 bridgehead atoms. The second-order valence-electron chi connectivity index (χ2n) is 16.8. The molecule has 1 aromatic heterocycles. The Balaban J connectivity index is 1.13. The minimum Gasteiger partial charge on any atom is -0.455 e. The molecule has 10 aromatic carbocycles. The molecule has 2 nitrogen and oxygen atoms in total. The minimum absolute atomic E-state index is 0.330. The molecule has 0 aliphatic heterocycles. The number of hydrogen-bond acceptors (Lipinski definition) is 2. The van der Waals surface area contributed by atoms with E-state index in [9.17, 15) is 0 Å². The summed E-state index contributed by atoms with van der Waals surface area (Å²) in [5.74, 6) is 0. The van der Waals surface area contributed by atoms with Crippen LogP contribution >= 0.6 is 0 Å². The number of rotatable bonds is 7. The second kappa shape index (κ2) is 15.2. The molecule has 1 aliphatic carbocycles. The molecule has 0 N–H and O–H groups in total. The van der Waals surface area contributed by atoms with E-state index >= 15 is 0 Å². The van der Waals surface area contributed by atoms with E-state index < -0.39 is 5.41 Å². The Morgan fingerprint density at radius 3 is 1.72 bits per heavy atom. The third-order valence-electron chi connectivity index (χ3n) is 13.4. The van der Waals surface area contributed by atoms with Gasteiger partial charge in [0, 0.05) is 33.2 Å². The van der Waals surface area contributed by atoms with Crippen LogP contribution in [0.3, 0.4) is 0 Å². The van der Waals surface area contributed by atoms with E-state index in [1.54, 1.807) is 0 Å². The highest BCUT2D eigenvalue weighted by atomic mass is 16.3. The standard InChI is InChI=1S/C59H35B4NO/c60-53-51(37-17-4-1-5-18-37)54(61)56(63)57(55(53)62)64(41-24-14-19-38(34-41)43-27-15-29-50-52(43)47-32-30-36-16-10-11-25-44(36)58(47)65-50)42-31-33-46-45-26-12-13-28-48(45)59(49(46)35-42,39-20-6-2-7-21-39)40-22-8-3-9-23-40/h1-35H. The van der Waals surface area contributed by atoms with Crippen molar-refractivity contribution in [2.24, 2.45) is 0 Å². The molecular weight excluding hydrogens is 782 g/mol. The van der Waals surface area contributed by atoms with Gasteiger partial charge in [-0.1, -0.05) is 198 Å². The monoisotopic (exact) mass is 817 g/mol. The van der Waals surface area contributed by atoms with Crippen LogP contribution in [-0.4, -0.2) is 31.4 Å². The molecule has 0 amide bonds. The maximum Gasteiger partial charge on any atom is 0.143 e. The summed E-state index contributed by atoms with van der Waals surface area (Å²) in [4.78, 5) is 2.13. The van der Waals surface area contributed by atoms with E-state index in [4.69, 9.17) is 35.8 Å². The molecule has 6 heteroatoms. The van der Waals surface area contributed by atoms with Crippen LogP contribution in [0.1, 0.15) is 22.3 Å². The highest BCUT2D eigenvalue weighted by Crippen LogP contribution is 2.57. The Hall–Kier alpha value is -7.68. The van der Waals surface area contributed by atoms with Gasteiger partial charge in [-0.3, -0.25) is 0 Å². The van der Waals surface area contributed by atoms with Crippen LogP contribution in [0.4, 0.5) is 17.1 Å². The summed E-state index contributed by atoms with van der Waals surface area (Å²) >= 11 is 0. The van der Waals surface area contributed by atoms with Gasteiger partial charge in [-0.05, 0) is 97.4 Å². The van der Waals surface area contributed by atoms with Gasteiger partial charge >= 0.3 is 0 Å². The first-order valence-electron chi connectivity index (χ1n) is 21.8. The molecule has 294 valence electrons. The van der Waals surface area contributed by atoms with Gasteiger partial charge in [0.05, 0.1) is 5.41 Å². The van der Waals surface area contributed by atoms with Crippen LogP contribution in [0.2, 0.25) is 0 Å². The summed E-state index contributed by atoms with van der Waals surface area (Å²) in [5, 5.41) is 4.31. The number of hydrogen-bond donors (Lipinski definition) is 0. The van der Waals surface area contributed by atoms with Gasteiger partial charge in [0.1, 0.15) is 42.6 Å². The molecule has 1 heterocycles. The summed E-state index contributed by atoms with van der Waals surface area (Å²) in [6, 6.07) is 74.2. The van der Waals surface area contributed by atoms with Crippen LogP contribution in [0.5, 0.6) is 0 Å². The Kier molecular flexibility index (Phi) is 9.14. The lowest BCUT2D eigenvalue weighted by molar-refractivity contribution is 0.673. The number of fused-ring (bicyclic) bond motifs is 8. The fraction of sp³-hybridized carbons (Fsp3) is 0.0169. The lowest BCUT2D eigenvalue weighted by atomic mass is 9.64. The highest BCUT2D eigenvalue weighted by molar-refractivity contribution is 6.63. The van der Waals surface area contributed by atoms with Crippen LogP contribution in [0.25, 0.3) is 66.1 Å². The van der Waals surface area contributed by atoms with Crippen molar-refractivity contribution in [3.05, 3.63) is 235 Å². The number of benzene rings is 10. The SMILES string of the molecule is [B]c1c([B])c(N(c2cccc(-c3cccc4oc5c6ccccc6ccc5c34)c2)c2ccc3c(c2)C(c2ccccc2)(c2ccccc2)c2ccccc2-3)c([B])c([B])c1-c1ccccc1. The third kappa shape index (κ3) is 5.87. The molecule has 11 aromatic rings. The van der Waals surface area contributed by atoms with Crippen molar-refractivity contribution in [1.29, 1.82) is 0 Å². The van der Waals surface area contributed by atoms with E-state index in [-0.39, 0.29) is 0 Å². The molecule has 0 saturated carbocycles. The molecule has 0 unspecified atom stereocenters. The molecule has 0 saturated heterocycles. The summed E-state index contributed by atoms with van der Waals surface area (Å²) in [6.45, 7) is 0. The zero-order valence-corrected chi connectivity index (χ0v) is 35.4. The average Bonchev–Trinajstić information content (AvgIpc) is 3.90. The maximum atomic E-state index is 7.29. The fourth-order valence-electron chi connectivity index (χ4n) is 10.6. The number of furan rings is 1. The average molecular weight is 817 g/mol. The van der Waals surface area contributed by atoms with E-state index in [1.165, 1.54) is 11.1 Å². The predicted octanol–water partition coefficient (Wildman–Crippen LogP) is 11.1. The first-order valence-corrected chi connectivity index (χ1v) is 21.8. The van der Waals surface area contributed by atoms with Gasteiger partial charge in [0.25, 0.3) is 0 Å². The zero-order valence-electron chi connectivity index (χ0n) is 35.4. The van der Waals surface area contributed by atoms with E-state index in [2.05, 4.69) is 181 Å².